The molecule has 0 aromatic carbocycles. The molecule has 0 aromatic rings. The van der Waals surface area contributed by atoms with Crippen LogP contribution < -0.4 is 11.1 Å². The van der Waals surface area contributed by atoms with Crippen molar-refractivity contribution >= 4 is 6.03 Å². The summed E-state index contributed by atoms with van der Waals surface area (Å²) in [7, 11) is 0. The average molecular weight is 270 g/mol. The molecule has 5 nitrogen and oxygen atoms in total. The van der Waals surface area contributed by atoms with Crippen molar-refractivity contribution < 1.29 is 4.79 Å². The molecule has 0 atom stereocenters. The van der Waals surface area contributed by atoms with Crippen molar-refractivity contribution in [1.82, 2.24) is 15.1 Å². The van der Waals surface area contributed by atoms with Crippen LogP contribution in [0.3, 0.4) is 0 Å². The number of unbranched alkanes of at least 4 members (excludes halogenated alkanes) is 2. The molecule has 19 heavy (non-hydrogen) atoms. The van der Waals surface area contributed by atoms with Gasteiger partial charge in [0.05, 0.1) is 0 Å². The maximum absolute atomic E-state index is 12.0. The minimum atomic E-state index is 0.109. The van der Waals surface area contributed by atoms with Crippen LogP contribution in [-0.2, 0) is 0 Å². The summed E-state index contributed by atoms with van der Waals surface area (Å²) in [6, 6.07) is 0.109. The largest absolute Gasteiger partial charge is 0.338 e. The van der Waals surface area contributed by atoms with Crippen molar-refractivity contribution in [3.05, 3.63) is 0 Å². The zero-order chi connectivity index (χ0) is 13.9. The van der Waals surface area contributed by atoms with Gasteiger partial charge in [0.15, 0.2) is 0 Å². The molecule has 2 amide bonds. The molecule has 0 spiro atoms. The third-order valence-corrected chi connectivity index (χ3v) is 3.61. The Morgan fingerprint density at radius 1 is 1.16 bits per heavy atom. The Morgan fingerprint density at radius 2 is 2.00 bits per heavy atom. The molecule has 1 fully saturated rings. The van der Waals surface area contributed by atoms with Gasteiger partial charge in [-0.1, -0.05) is 13.3 Å². The van der Waals surface area contributed by atoms with Gasteiger partial charge in [-0.3, -0.25) is 0 Å². The van der Waals surface area contributed by atoms with E-state index in [9.17, 15) is 4.79 Å². The summed E-state index contributed by atoms with van der Waals surface area (Å²) in [4.78, 5) is 16.4. The number of nitrogens with two attached hydrogens (primary N) is 1. The summed E-state index contributed by atoms with van der Waals surface area (Å²) in [5.74, 6) is 0. The normalized spacial score (nSPS) is 17.3. The van der Waals surface area contributed by atoms with Crippen LogP contribution in [0.2, 0.25) is 0 Å². The van der Waals surface area contributed by atoms with Crippen molar-refractivity contribution in [2.45, 2.75) is 39.0 Å². The Bertz CT molecular complexity index is 248. The summed E-state index contributed by atoms with van der Waals surface area (Å²) < 4.78 is 0. The van der Waals surface area contributed by atoms with Crippen LogP contribution in [0.4, 0.5) is 4.79 Å². The Balaban J connectivity index is 2.22. The molecular formula is C14H30N4O. The lowest BCUT2D eigenvalue weighted by atomic mass is 10.3. The highest BCUT2D eigenvalue weighted by molar-refractivity contribution is 5.74. The second kappa shape index (κ2) is 10.0. The molecule has 0 bridgehead atoms. The number of hydrogen-bond acceptors (Lipinski definition) is 3. The second-order valence-electron chi connectivity index (χ2n) is 5.26. The molecule has 5 heteroatoms. The first-order valence-corrected chi connectivity index (χ1v) is 7.73. The minimum Gasteiger partial charge on any atom is -0.338 e. The lowest BCUT2D eigenvalue weighted by Gasteiger charge is -2.22. The van der Waals surface area contributed by atoms with E-state index in [1.807, 2.05) is 4.90 Å². The summed E-state index contributed by atoms with van der Waals surface area (Å²) >= 11 is 0. The smallest absolute Gasteiger partial charge is 0.317 e. The number of urea groups is 1. The summed E-state index contributed by atoms with van der Waals surface area (Å²) in [5, 5.41) is 3.00. The Hall–Kier alpha value is -0.810. The SMILES string of the molecule is CCCCNC(=O)N1CCCN(CCCCN)CC1. The summed E-state index contributed by atoms with van der Waals surface area (Å²) in [6.07, 6.45) is 5.51. The number of carbonyl (C=O) groups excluding carboxylic acids is 1. The molecule has 1 rings (SSSR count). The molecule has 1 saturated heterocycles. The fourth-order valence-corrected chi connectivity index (χ4v) is 2.36. The molecule has 112 valence electrons. The highest BCUT2D eigenvalue weighted by Crippen LogP contribution is 2.05. The first-order chi connectivity index (χ1) is 9.27. The lowest BCUT2D eigenvalue weighted by molar-refractivity contribution is 0.198. The zero-order valence-electron chi connectivity index (χ0n) is 12.4. The molecule has 3 N–H and O–H groups in total. The van der Waals surface area contributed by atoms with Crippen molar-refractivity contribution in [3.8, 4) is 0 Å². The van der Waals surface area contributed by atoms with Crippen LogP contribution in [0.1, 0.15) is 39.0 Å². The summed E-state index contributed by atoms with van der Waals surface area (Å²) in [5.41, 5.74) is 5.52. The maximum Gasteiger partial charge on any atom is 0.317 e. The van der Waals surface area contributed by atoms with Gasteiger partial charge in [0, 0.05) is 26.2 Å². The van der Waals surface area contributed by atoms with Gasteiger partial charge in [0.1, 0.15) is 0 Å². The van der Waals surface area contributed by atoms with Gasteiger partial charge >= 0.3 is 6.03 Å². The molecule has 1 aliphatic heterocycles. The number of rotatable bonds is 7. The van der Waals surface area contributed by atoms with Crippen LogP contribution in [0.25, 0.3) is 0 Å². The highest BCUT2D eigenvalue weighted by atomic mass is 16.2. The van der Waals surface area contributed by atoms with Crippen LogP contribution in [0.15, 0.2) is 0 Å². The second-order valence-corrected chi connectivity index (χ2v) is 5.26. The third kappa shape index (κ3) is 6.78. The number of carbonyl (C=O) groups is 1. The summed E-state index contributed by atoms with van der Waals surface area (Å²) in [6.45, 7) is 8.65. The first-order valence-electron chi connectivity index (χ1n) is 7.73. The number of hydrogen-bond donors (Lipinski definition) is 2. The van der Waals surface area contributed by atoms with Gasteiger partial charge in [-0.2, -0.15) is 0 Å². The van der Waals surface area contributed by atoms with Gasteiger partial charge in [0.25, 0.3) is 0 Å². The fraction of sp³-hybridized carbons (Fsp3) is 0.929. The lowest BCUT2D eigenvalue weighted by Crippen LogP contribution is -2.42. The standard InChI is InChI=1S/C14H30N4O/c1-2-3-8-16-14(19)18-11-6-10-17(12-13-18)9-5-4-7-15/h2-13,15H2,1H3,(H,16,19). The van der Waals surface area contributed by atoms with E-state index >= 15 is 0 Å². The van der Waals surface area contributed by atoms with E-state index in [0.29, 0.717) is 0 Å². The van der Waals surface area contributed by atoms with E-state index in [1.54, 1.807) is 0 Å². The third-order valence-electron chi connectivity index (χ3n) is 3.61. The van der Waals surface area contributed by atoms with E-state index in [0.717, 1.165) is 71.5 Å². The van der Waals surface area contributed by atoms with Crippen LogP contribution >= 0.6 is 0 Å². The van der Waals surface area contributed by atoms with Gasteiger partial charge in [-0.15, -0.1) is 0 Å². The molecule has 0 aliphatic carbocycles. The molecule has 0 aromatic heterocycles. The van der Waals surface area contributed by atoms with Gasteiger partial charge in [0.2, 0.25) is 0 Å². The molecule has 1 heterocycles. The van der Waals surface area contributed by atoms with E-state index < -0.39 is 0 Å². The molecule has 1 aliphatic rings. The predicted octanol–water partition coefficient (Wildman–Crippen LogP) is 1.24. The van der Waals surface area contributed by atoms with E-state index in [2.05, 4.69) is 17.1 Å². The molecule has 0 saturated carbocycles. The Kier molecular flexibility index (Phi) is 8.58. The van der Waals surface area contributed by atoms with E-state index in [4.69, 9.17) is 5.73 Å². The van der Waals surface area contributed by atoms with Gasteiger partial charge < -0.3 is 20.9 Å². The van der Waals surface area contributed by atoms with Gasteiger partial charge in [-0.05, 0) is 45.3 Å². The van der Waals surface area contributed by atoms with Crippen molar-refractivity contribution in [2.75, 3.05) is 45.8 Å². The number of nitrogens with one attached hydrogen (secondary N) is 1. The maximum atomic E-state index is 12.0. The van der Waals surface area contributed by atoms with E-state index in [-0.39, 0.29) is 6.03 Å². The van der Waals surface area contributed by atoms with Crippen LogP contribution in [-0.4, -0.2) is 61.6 Å². The van der Waals surface area contributed by atoms with Gasteiger partial charge in [-0.25, -0.2) is 4.79 Å². The minimum absolute atomic E-state index is 0.109. The van der Waals surface area contributed by atoms with E-state index in [1.165, 1.54) is 6.42 Å². The highest BCUT2D eigenvalue weighted by Gasteiger charge is 2.18. The number of amides is 2. The zero-order valence-corrected chi connectivity index (χ0v) is 12.4. The Morgan fingerprint density at radius 3 is 2.74 bits per heavy atom. The van der Waals surface area contributed by atoms with Crippen molar-refractivity contribution in [3.63, 3.8) is 0 Å². The number of nitrogens with zero attached hydrogens (tertiary/aromatic N) is 2. The monoisotopic (exact) mass is 270 g/mol. The first kappa shape index (κ1) is 16.2. The van der Waals surface area contributed by atoms with Crippen molar-refractivity contribution in [2.24, 2.45) is 5.73 Å². The van der Waals surface area contributed by atoms with Crippen LogP contribution in [0.5, 0.6) is 0 Å². The van der Waals surface area contributed by atoms with Crippen LogP contribution in [0, 0.1) is 0 Å². The van der Waals surface area contributed by atoms with Crippen molar-refractivity contribution in [1.29, 1.82) is 0 Å². The quantitative estimate of drug-likeness (QED) is 0.684. The predicted molar refractivity (Wildman–Crippen MR) is 79.2 cm³/mol. The molecule has 0 radical (unpaired) electrons. The molecular weight excluding hydrogens is 240 g/mol. The topological polar surface area (TPSA) is 61.6 Å². The molecule has 0 unspecified atom stereocenters. The Labute approximate surface area is 117 Å². The fourth-order valence-electron chi connectivity index (χ4n) is 2.36. The average Bonchev–Trinajstić information content (AvgIpc) is 2.65.